The molecule has 3 aromatic rings. The third-order valence-electron chi connectivity index (χ3n) is 6.40. The minimum atomic E-state index is -0.943. The molecule has 1 aromatic heterocycles. The van der Waals surface area contributed by atoms with Gasteiger partial charge in [-0.05, 0) is 61.6 Å². The highest BCUT2D eigenvalue weighted by molar-refractivity contribution is 6.04. The molecule has 0 saturated carbocycles. The Kier molecular flexibility index (Phi) is 8.17. The summed E-state index contributed by atoms with van der Waals surface area (Å²) < 4.78 is 10.8. The zero-order valence-electron chi connectivity index (χ0n) is 20.5. The van der Waals surface area contributed by atoms with Crippen molar-refractivity contribution >= 4 is 23.4 Å². The molecule has 8 heteroatoms. The van der Waals surface area contributed by atoms with E-state index in [9.17, 15) is 14.4 Å². The van der Waals surface area contributed by atoms with Crippen LogP contribution in [-0.4, -0.2) is 43.5 Å². The molecule has 1 fully saturated rings. The van der Waals surface area contributed by atoms with Crippen LogP contribution in [0.25, 0.3) is 0 Å². The molecule has 8 nitrogen and oxygen atoms in total. The maximum atomic E-state index is 13.7. The topological polar surface area (TPSA) is 101 Å². The molecule has 2 atom stereocenters. The van der Waals surface area contributed by atoms with Gasteiger partial charge in [0.25, 0.3) is 5.91 Å². The number of aryl methyl sites for hydroxylation is 1. The first-order valence-corrected chi connectivity index (χ1v) is 12.1. The molecule has 0 aliphatic carbocycles. The van der Waals surface area contributed by atoms with Crippen molar-refractivity contribution in [2.45, 2.75) is 38.8 Å². The number of nitrogens with one attached hydrogen (secondary N) is 2. The van der Waals surface area contributed by atoms with E-state index in [-0.39, 0.29) is 24.3 Å². The second-order valence-corrected chi connectivity index (χ2v) is 8.84. The van der Waals surface area contributed by atoms with Crippen LogP contribution in [0.3, 0.4) is 0 Å². The summed E-state index contributed by atoms with van der Waals surface area (Å²) >= 11 is 0. The van der Waals surface area contributed by atoms with Gasteiger partial charge in [-0.15, -0.1) is 0 Å². The largest absolute Gasteiger partial charge is 0.459 e. The average molecular weight is 490 g/mol. The molecule has 1 aliphatic rings. The monoisotopic (exact) mass is 489 g/mol. The third kappa shape index (κ3) is 5.83. The predicted octanol–water partition coefficient (Wildman–Crippen LogP) is 3.70. The number of furan rings is 1. The van der Waals surface area contributed by atoms with Crippen LogP contribution in [0.5, 0.6) is 0 Å². The number of carbonyl (C=O) groups is 3. The Morgan fingerprint density at radius 2 is 1.81 bits per heavy atom. The Labute approximate surface area is 210 Å². The van der Waals surface area contributed by atoms with Crippen LogP contribution in [0.1, 0.15) is 46.1 Å². The number of benzene rings is 2. The summed E-state index contributed by atoms with van der Waals surface area (Å²) in [5.74, 6) is -1.14. The van der Waals surface area contributed by atoms with Gasteiger partial charge in [0.05, 0.1) is 18.9 Å². The number of ether oxygens (including phenoxy) is 1. The molecule has 0 bridgehead atoms. The number of hydrogen-bond acceptors (Lipinski definition) is 5. The van der Waals surface area contributed by atoms with E-state index in [0.717, 1.165) is 24.0 Å². The lowest BCUT2D eigenvalue weighted by Crippen LogP contribution is -2.48. The van der Waals surface area contributed by atoms with Gasteiger partial charge in [0, 0.05) is 18.8 Å². The summed E-state index contributed by atoms with van der Waals surface area (Å²) in [6.07, 6.45) is 3.20. The van der Waals surface area contributed by atoms with Crippen molar-refractivity contribution in [3.63, 3.8) is 0 Å². The van der Waals surface area contributed by atoms with Crippen molar-refractivity contribution in [1.82, 2.24) is 10.6 Å². The van der Waals surface area contributed by atoms with Crippen LogP contribution in [0.4, 0.5) is 5.69 Å². The van der Waals surface area contributed by atoms with Gasteiger partial charge in [-0.25, -0.2) is 0 Å². The van der Waals surface area contributed by atoms with Gasteiger partial charge < -0.3 is 19.8 Å². The Balaban J connectivity index is 1.67. The fourth-order valence-corrected chi connectivity index (χ4v) is 4.32. The minimum absolute atomic E-state index is 0.0391. The van der Waals surface area contributed by atoms with E-state index in [4.69, 9.17) is 9.15 Å². The second-order valence-electron chi connectivity index (χ2n) is 8.84. The summed E-state index contributed by atoms with van der Waals surface area (Å²) in [5.41, 5.74) is 3.12. The van der Waals surface area contributed by atoms with Crippen molar-refractivity contribution in [3.05, 3.63) is 89.4 Å². The van der Waals surface area contributed by atoms with E-state index < -0.39 is 17.9 Å². The number of rotatable bonds is 9. The molecule has 2 aromatic carbocycles. The zero-order valence-corrected chi connectivity index (χ0v) is 20.5. The van der Waals surface area contributed by atoms with Gasteiger partial charge in [-0.2, -0.15) is 0 Å². The first-order valence-electron chi connectivity index (χ1n) is 12.1. The Hall–Kier alpha value is -3.91. The van der Waals surface area contributed by atoms with E-state index in [1.807, 2.05) is 62.4 Å². The molecule has 1 saturated heterocycles. The van der Waals surface area contributed by atoms with Crippen molar-refractivity contribution in [2.24, 2.45) is 0 Å². The maximum absolute atomic E-state index is 13.7. The van der Waals surface area contributed by atoms with Gasteiger partial charge >= 0.3 is 0 Å². The molecular formula is C28H31N3O5. The van der Waals surface area contributed by atoms with Crippen molar-refractivity contribution in [1.29, 1.82) is 0 Å². The molecule has 188 valence electrons. The predicted molar refractivity (Wildman–Crippen MR) is 136 cm³/mol. The summed E-state index contributed by atoms with van der Waals surface area (Å²) in [5, 5.41) is 5.61. The molecule has 36 heavy (non-hydrogen) atoms. The summed E-state index contributed by atoms with van der Waals surface area (Å²) in [6, 6.07) is 17.0. The lowest BCUT2D eigenvalue weighted by molar-refractivity contribution is -0.126. The zero-order chi connectivity index (χ0) is 25.5. The summed E-state index contributed by atoms with van der Waals surface area (Å²) in [6.45, 7) is 4.61. The van der Waals surface area contributed by atoms with Crippen LogP contribution < -0.4 is 15.5 Å². The fourth-order valence-electron chi connectivity index (χ4n) is 4.32. The number of anilines is 1. The maximum Gasteiger partial charge on any atom is 0.287 e. The highest BCUT2D eigenvalue weighted by Crippen LogP contribution is 2.32. The minimum Gasteiger partial charge on any atom is -0.459 e. The number of hydrogen-bond donors (Lipinski definition) is 2. The molecular weight excluding hydrogens is 458 g/mol. The van der Waals surface area contributed by atoms with Gasteiger partial charge in [0.1, 0.15) is 6.04 Å². The van der Waals surface area contributed by atoms with Crippen LogP contribution >= 0.6 is 0 Å². The molecule has 0 unspecified atom stereocenters. The molecule has 2 heterocycles. The Morgan fingerprint density at radius 1 is 1.00 bits per heavy atom. The highest BCUT2D eigenvalue weighted by Gasteiger charge is 2.34. The first-order chi connectivity index (χ1) is 17.5. The summed E-state index contributed by atoms with van der Waals surface area (Å²) in [7, 11) is 0. The van der Waals surface area contributed by atoms with Crippen LogP contribution in [0.2, 0.25) is 0 Å². The van der Waals surface area contributed by atoms with Gasteiger partial charge in [0.2, 0.25) is 11.8 Å². The van der Waals surface area contributed by atoms with E-state index >= 15 is 0 Å². The fraction of sp³-hybridized carbons (Fsp3) is 0.321. The van der Waals surface area contributed by atoms with E-state index in [1.165, 1.54) is 17.2 Å². The molecule has 4 rings (SSSR count). The van der Waals surface area contributed by atoms with Gasteiger partial charge in [-0.1, -0.05) is 42.5 Å². The number of nitrogens with zero attached hydrogens (tertiary/aromatic N) is 1. The van der Waals surface area contributed by atoms with Gasteiger partial charge in [0.15, 0.2) is 5.76 Å². The average Bonchev–Trinajstić information content (AvgIpc) is 3.61. The summed E-state index contributed by atoms with van der Waals surface area (Å²) in [4.78, 5) is 41.3. The molecule has 3 amide bonds. The van der Waals surface area contributed by atoms with E-state index in [1.54, 1.807) is 6.07 Å². The number of amides is 3. The Bertz CT molecular complexity index is 1190. The normalized spacial score (nSPS) is 15.8. The molecule has 1 aliphatic heterocycles. The highest BCUT2D eigenvalue weighted by atomic mass is 16.5. The standard InChI is InChI=1S/C28H31N3O5/c1-19-9-6-13-23(20(19)2)31(25(32)18-30-27(33)24-14-8-16-36-24)26(21-10-4-3-5-11-21)28(34)29-17-22-12-7-15-35-22/h3-6,8-11,13-14,16,22,26H,7,12,15,17-18H2,1-2H3,(H,29,34)(H,30,33)/t22-,26+/m0/s1. The third-order valence-corrected chi connectivity index (χ3v) is 6.40. The van der Waals surface area contributed by atoms with Crippen LogP contribution in [0, 0.1) is 13.8 Å². The Morgan fingerprint density at radius 3 is 2.50 bits per heavy atom. The lowest BCUT2D eigenvalue weighted by atomic mass is 10.00. The smallest absolute Gasteiger partial charge is 0.287 e. The molecule has 0 spiro atoms. The number of carbonyl (C=O) groups excluding carboxylic acids is 3. The van der Waals surface area contributed by atoms with Gasteiger partial charge in [-0.3, -0.25) is 19.3 Å². The van der Waals surface area contributed by atoms with Crippen molar-refractivity contribution in [2.75, 3.05) is 24.6 Å². The van der Waals surface area contributed by atoms with E-state index in [0.29, 0.717) is 24.4 Å². The van der Waals surface area contributed by atoms with Crippen molar-refractivity contribution < 1.29 is 23.5 Å². The van der Waals surface area contributed by atoms with E-state index in [2.05, 4.69) is 10.6 Å². The second kappa shape index (κ2) is 11.7. The lowest BCUT2D eigenvalue weighted by Gasteiger charge is -2.33. The SMILES string of the molecule is Cc1cccc(N(C(=O)CNC(=O)c2ccco2)[C@@H](C(=O)NC[C@@H]2CCCO2)c2ccccc2)c1C. The van der Waals surface area contributed by atoms with Crippen molar-refractivity contribution in [3.8, 4) is 0 Å². The first kappa shape index (κ1) is 25.2. The van der Waals surface area contributed by atoms with Crippen LogP contribution in [0.15, 0.2) is 71.3 Å². The quantitative estimate of drug-likeness (QED) is 0.477. The molecule has 0 radical (unpaired) electrons. The van der Waals surface area contributed by atoms with Crippen LogP contribution in [-0.2, 0) is 14.3 Å². The molecule has 2 N–H and O–H groups in total.